The van der Waals surface area contributed by atoms with Crippen molar-refractivity contribution in [2.45, 2.75) is 0 Å². The van der Waals surface area contributed by atoms with Crippen molar-refractivity contribution in [2.24, 2.45) is 0 Å². The molecule has 0 unspecified atom stereocenters. The number of para-hydroxylation sites is 3. The van der Waals surface area contributed by atoms with Gasteiger partial charge in [0.15, 0.2) is 0 Å². The van der Waals surface area contributed by atoms with Crippen LogP contribution in [0.4, 0.5) is 0 Å². The molecule has 14 heterocycles. The highest BCUT2D eigenvalue weighted by molar-refractivity contribution is 7.27. The van der Waals surface area contributed by atoms with Gasteiger partial charge in [0.05, 0.1) is 78.1 Å². The van der Waals surface area contributed by atoms with Crippen LogP contribution in [0.1, 0.15) is 0 Å². The van der Waals surface area contributed by atoms with Gasteiger partial charge in [-0.3, -0.25) is 39.9 Å². The van der Waals surface area contributed by atoms with E-state index in [1.165, 1.54) is 104 Å². The number of pyridine rings is 11. The molecule has 16 aromatic carbocycles. The summed E-state index contributed by atoms with van der Waals surface area (Å²) < 4.78 is 7.87. The van der Waals surface area contributed by atoms with Crippen LogP contribution in [0.25, 0.3) is 292 Å². The topological polar surface area (TPSA) is 142 Å². The molecule has 0 saturated heterocycles. The van der Waals surface area contributed by atoms with Crippen LogP contribution in [-0.2, 0) is 0 Å². The Hall–Kier alpha value is -18.1. The van der Waals surface area contributed by atoms with Crippen molar-refractivity contribution in [3.8, 4) is 101 Å². The van der Waals surface area contributed by atoms with Crippen LogP contribution < -0.4 is 0 Å². The van der Waals surface area contributed by atoms with Crippen LogP contribution in [0.15, 0.2) is 444 Å². The van der Waals surface area contributed by atoms with Gasteiger partial charge in [0.25, 0.3) is 0 Å². The predicted molar refractivity (Wildman–Crippen MR) is 593 cm³/mol. The Bertz CT molecular complexity index is 9500. The van der Waals surface area contributed by atoms with Crippen molar-refractivity contribution in [3.05, 3.63) is 444 Å². The fraction of sp³-hybridized carbons (Fsp3) is 0. The van der Waals surface area contributed by atoms with E-state index in [-0.39, 0.29) is 0 Å². The van der Waals surface area contributed by atoms with Crippen LogP contribution >= 0.6 is 34.0 Å². The summed E-state index contributed by atoms with van der Waals surface area (Å²) in [7, 11) is 0. The van der Waals surface area contributed by atoms with Gasteiger partial charge in [0, 0.05) is 230 Å². The lowest BCUT2D eigenvalue weighted by Crippen LogP contribution is -1.92. The molecule has 0 aliphatic carbocycles. The fourth-order valence-corrected chi connectivity index (χ4v) is 24.9. The predicted octanol–water partition coefficient (Wildman–Crippen LogP) is 34.3. The number of aromatic nitrogens is 11. The monoisotopic (exact) mass is 1850 g/mol. The van der Waals surface area contributed by atoms with E-state index in [4.69, 9.17) is 29.9 Å². The molecule has 654 valence electrons. The Morgan fingerprint density at radius 1 is 0.163 bits per heavy atom. The van der Waals surface area contributed by atoms with Crippen LogP contribution in [0.3, 0.4) is 0 Å². The average Bonchev–Trinajstić information content (AvgIpc) is 1.65. The second kappa shape index (κ2) is 33.4. The maximum absolute atomic E-state index is 5.27. The molecule has 11 nitrogen and oxygen atoms in total. The maximum atomic E-state index is 5.27. The van der Waals surface area contributed by atoms with E-state index >= 15 is 0 Å². The Kier molecular flexibility index (Phi) is 19.3. The summed E-state index contributed by atoms with van der Waals surface area (Å²) in [6.07, 6.45) is 14.9. The number of fused-ring (bicyclic) bond motifs is 30. The van der Waals surface area contributed by atoms with E-state index in [1.807, 2.05) is 120 Å². The second-order valence-corrected chi connectivity index (χ2v) is 38.9. The van der Waals surface area contributed by atoms with Crippen LogP contribution in [0.5, 0.6) is 0 Å². The molecule has 0 radical (unpaired) electrons. The van der Waals surface area contributed by atoms with Crippen LogP contribution in [-0.4, -0.2) is 54.8 Å². The minimum absolute atomic E-state index is 0.891. The molecule has 0 amide bonds. The first-order valence-corrected chi connectivity index (χ1v) is 49.5. The van der Waals surface area contributed by atoms with Gasteiger partial charge < -0.3 is 0 Å². The molecule has 14 heteroatoms. The second-order valence-electron chi connectivity index (χ2n) is 35.7. The Morgan fingerprint density at radius 2 is 0.468 bits per heavy atom. The third-order valence-electron chi connectivity index (χ3n) is 27.7. The summed E-state index contributed by atoms with van der Waals surface area (Å²) in [4.78, 5) is 53.6. The van der Waals surface area contributed by atoms with Crippen molar-refractivity contribution in [1.82, 2.24) is 54.8 Å². The molecule has 0 bridgehead atoms. The quantitative estimate of drug-likeness (QED) is 0.127. The molecule has 30 rings (SSSR count). The zero-order valence-electron chi connectivity index (χ0n) is 75.3. The minimum atomic E-state index is 0.891. The summed E-state index contributed by atoms with van der Waals surface area (Å²) in [5.41, 5.74) is 27.6. The lowest BCUT2D eigenvalue weighted by molar-refractivity contribution is 1.32. The molecule has 0 saturated carbocycles. The van der Waals surface area contributed by atoms with E-state index in [1.54, 1.807) is 0 Å². The van der Waals surface area contributed by atoms with Crippen molar-refractivity contribution in [2.75, 3.05) is 0 Å². The summed E-state index contributed by atoms with van der Waals surface area (Å²) in [6, 6.07) is 140. The van der Waals surface area contributed by atoms with Crippen molar-refractivity contribution < 1.29 is 0 Å². The van der Waals surface area contributed by atoms with Crippen LogP contribution in [0, 0.1) is 0 Å². The highest BCUT2D eigenvalue weighted by atomic mass is 32.1. The summed E-state index contributed by atoms with van der Waals surface area (Å²) in [5.74, 6) is 0. The number of hydrogen-bond acceptors (Lipinski definition) is 14. The van der Waals surface area contributed by atoms with E-state index in [0.29, 0.717) is 0 Å². The van der Waals surface area contributed by atoms with Gasteiger partial charge in [-0.2, -0.15) is 0 Å². The average molecular weight is 1850 g/mol. The summed E-state index contributed by atoms with van der Waals surface area (Å²) in [6.45, 7) is 0. The van der Waals surface area contributed by atoms with Gasteiger partial charge in [-0.05, 0) is 155 Å². The van der Waals surface area contributed by atoms with E-state index in [0.717, 1.165) is 188 Å². The largest absolute Gasteiger partial charge is 0.256 e. The lowest BCUT2D eigenvalue weighted by atomic mass is 9.94. The van der Waals surface area contributed by atoms with Crippen molar-refractivity contribution in [1.29, 1.82) is 0 Å². The van der Waals surface area contributed by atoms with Gasteiger partial charge >= 0.3 is 0 Å². The normalized spacial score (nSPS) is 11.8. The first-order valence-electron chi connectivity index (χ1n) is 47.0. The number of nitrogens with zero attached hydrogens (tertiary/aromatic N) is 11. The van der Waals surface area contributed by atoms with Gasteiger partial charge in [0.2, 0.25) is 0 Å². The third-order valence-corrected chi connectivity index (χ3v) is 31.3. The molecule has 141 heavy (non-hydrogen) atoms. The first kappa shape index (κ1) is 81.3. The molecule has 0 spiro atoms. The number of thiophene rings is 3. The van der Waals surface area contributed by atoms with Gasteiger partial charge in [0.1, 0.15) is 0 Å². The van der Waals surface area contributed by atoms with Crippen molar-refractivity contribution >= 4 is 225 Å². The molecule has 0 aliphatic heterocycles. The van der Waals surface area contributed by atoms with E-state index < -0.39 is 0 Å². The third kappa shape index (κ3) is 13.8. The molecule has 0 N–H and O–H groups in total. The SMILES string of the molecule is c1cc(-c2ccc(-c3cc4cccnc4c4ncccc34)cc2)cc(-c2nc3ccccc3c3c2ccc2c4ccccc4sc23)c1.c1cc(-c2ccc(-c3cc4cccnc4c4ncccc34)cn2)cc(-c2nc3ccccc3c3c2ccc2c4ccccc4sc23)c1.c1cc(-c2ccc(-c3cc4cccnc4c4ncccc34)nc2)cc(-c2nc3ccccc3c3c2ccc2c4ccccc4sc23)c1. The maximum Gasteiger partial charge on any atom is 0.0971 e. The number of benzene rings is 16. The van der Waals surface area contributed by atoms with Crippen LogP contribution in [0.2, 0.25) is 0 Å². The highest BCUT2D eigenvalue weighted by Crippen LogP contribution is 2.50. The summed E-state index contributed by atoms with van der Waals surface area (Å²) >= 11 is 5.61. The first-order chi connectivity index (χ1) is 69.9. The molecule has 0 fully saturated rings. The van der Waals surface area contributed by atoms with E-state index in [9.17, 15) is 0 Å². The summed E-state index contributed by atoms with van der Waals surface area (Å²) in [5, 5.41) is 25.1. The number of hydrogen-bond donors (Lipinski definition) is 0. The Balaban J connectivity index is 0.000000104. The molecule has 0 aliphatic rings. The molecular weight excluding hydrogens is 1780 g/mol. The smallest absolute Gasteiger partial charge is 0.0971 e. The van der Waals surface area contributed by atoms with Crippen molar-refractivity contribution in [3.63, 3.8) is 0 Å². The zero-order valence-corrected chi connectivity index (χ0v) is 77.7. The van der Waals surface area contributed by atoms with Gasteiger partial charge in [-0.15, -0.1) is 34.0 Å². The highest BCUT2D eigenvalue weighted by Gasteiger charge is 2.24. The molecule has 30 aromatic rings. The standard InChI is InChI=1S/C43H25N3S.2C42H24N4S/c1-3-14-37-34(12-1)39-35(21-20-33-31-11-2-4-15-38(31)47-43(33)39)40(46-37)29-9-5-8-28(24-29)26-16-18-27(19-17-26)36-25-30-10-6-22-44-41(30)42-32(36)13-7-23-45-42;1-3-14-36-32(12-1)38-33(18-17-31-29-11-2-4-15-37(29)47-42(31)38)39(46-36)26-9-5-8-25(22-26)35-19-16-28(24-45-35)34-23-27-10-6-20-43-40(27)41-30(34)13-7-21-44-41;1-3-14-36-32(12-1)38-33(18-17-31-29-11-2-4-15-37(29)47-42(31)38)39(46-36)26-9-5-8-25(22-26)28-16-19-35(45-24-28)34-23-27-10-6-20-43-40(27)41-30(34)13-7-21-44-41/h1-25H;2*1-24H. The van der Waals surface area contributed by atoms with Gasteiger partial charge in [-0.1, -0.05) is 273 Å². The fourth-order valence-electron chi connectivity index (χ4n) is 21.1. The van der Waals surface area contributed by atoms with Gasteiger partial charge in [-0.25, -0.2) is 15.0 Å². The Labute approximate surface area is 818 Å². The molecular formula is C127H73N11S3. The molecule has 0 atom stereocenters. The zero-order chi connectivity index (χ0) is 92.7. The molecule has 14 aromatic heterocycles. The lowest BCUT2D eigenvalue weighted by Gasteiger charge is -2.13. The Morgan fingerprint density at radius 3 is 0.887 bits per heavy atom. The number of rotatable bonds is 9. The minimum Gasteiger partial charge on any atom is -0.256 e. The van der Waals surface area contributed by atoms with E-state index in [2.05, 4.69) is 383 Å².